The third-order valence-corrected chi connectivity index (χ3v) is 3.58. The van der Waals surface area contributed by atoms with Crippen LogP contribution in [0.25, 0.3) is 0 Å². The molecule has 0 heterocycles. The van der Waals surface area contributed by atoms with Crippen LogP contribution in [0.2, 0.25) is 0 Å². The fourth-order valence-electron chi connectivity index (χ4n) is 1.96. The number of urea groups is 1. The van der Waals surface area contributed by atoms with Gasteiger partial charge >= 0.3 is 6.03 Å². The van der Waals surface area contributed by atoms with Crippen molar-refractivity contribution in [1.82, 2.24) is 4.90 Å². The van der Waals surface area contributed by atoms with Gasteiger partial charge in [-0.25, -0.2) is 4.79 Å². The Hall–Kier alpha value is -2.53. The number of hydrogen-bond donors (Lipinski definition) is 2. The highest BCUT2D eigenvalue weighted by atomic mass is 16.5. The topological polar surface area (TPSA) is 61.8 Å². The van der Waals surface area contributed by atoms with Gasteiger partial charge in [0.15, 0.2) is 0 Å². The van der Waals surface area contributed by atoms with Crippen LogP contribution in [-0.4, -0.2) is 35.7 Å². The molecule has 1 atom stereocenters. The minimum Gasteiger partial charge on any atom is -0.457 e. The van der Waals surface area contributed by atoms with E-state index in [1.165, 1.54) is 4.90 Å². The standard InChI is InChI=1S/C18H22N2O3/c1-13-5-4-6-17(11-13)23-16-9-7-15(8-10-16)19-18(22)20(3)14(2)12-21/h4-11,14,21H,12H2,1-3H3,(H,19,22)/t14-/m0/s1. The summed E-state index contributed by atoms with van der Waals surface area (Å²) in [5.74, 6) is 1.48. The molecule has 0 aromatic heterocycles. The average Bonchev–Trinajstić information content (AvgIpc) is 2.55. The Balaban J connectivity index is 1.98. The molecule has 0 unspecified atom stereocenters. The minimum absolute atomic E-state index is 0.0762. The molecule has 0 spiro atoms. The lowest BCUT2D eigenvalue weighted by Crippen LogP contribution is -2.40. The second kappa shape index (κ2) is 7.65. The van der Waals surface area contributed by atoms with Crippen molar-refractivity contribution in [1.29, 1.82) is 0 Å². The Morgan fingerprint density at radius 1 is 1.22 bits per heavy atom. The molecule has 0 aliphatic rings. The molecule has 0 saturated heterocycles. The van der Waals surface area contributed by atoms with Gasteiger partial charge in [0.1, 0.15) is 11.5 Å². The summed E-state index contributed by atoms with van der Waals surface area (Å²) in [5.41, 5.74) is 1.80. The predicted molar refractivity (Wildman–Crippen MR) is 91.0 cm³/mol. The number of amides is 2. The zero-order valence-electron chi connectivity index (χ0n) is 13.6. The van der Waals surface area contributed by atoms with Gasteiger partial charge in [0.05, 0.1) is 12.6 Å². The number of aryl methyl sites for hydroxylation is 1. The molecule has 122 valence electrons. The van der Waals surface area contributed by atoms with Crippen molar-refractivity contribution in [3.05, 3.63) is 54.1 Å². The Morgan fingerprint density at radius 2 is 1.91 bits per heavy atom. The van der Waals surface area contributed by atoms with Gasteiger partial charge < -0.3 is 20.1 Å². The van der Waals surface area contributed by atoms with Gasteiger partial charge in [0, 0.05) is 12.7 Å². The molecule has 2 aromatic carbocycles. The van der Waals surface area contributed by atoms with E-state index in [0.29, 0.717) is 11.4 Å². The molecule has 23 heavy (non-hydrogen) atoms. The van der Waals surface area contributed by atoms with Gasteiger partial charge in [0.25, 0.3) is 0 Å². The molecular weight excluding hydrogens is 292 g/mol. The van der Waals surface area contributed by atoms with Gasteiger partial charge in [-0.1, -0.05) is 12.1 Å². The van der Waals surface area contributed by atoms with Crippen molar-refractivity contribution in [3.8, 4) is 11.5 Å². The summed E-state index contributed by atoms with van der Waals surface area (Å²) < 4.78 is 5.77. The smallest absolute Gasteiger partial charge is 0.321 e. The average molecular weight is 314 g/mol. The number of carbonyl (C=O) groups is 1. The van der Waals surface area contributed by atoms with Crippen LogP contribution >= 0.6 is 0 Å². The summed E-state index contributed by atoms with van der Waals surface area (Å²) in [4.78, 5) is 13.5. The first-order valence-corrected chi connectivity index (χ1v) is 7.49. The first-order valence-electron chi connectivity index (χ1n) is 7.49. The van der Waals surface area contributed by atoms with Crippen LogP contribution in [0.4, 0.5) is 10.5 Å². The SMILES string of the molecule is Cc1cccc(Oc2ccc(NC(=O)N(C)[C@@H](C)CO)cc2)c1. The normalized spacial score (nSPS) is 11.7. The second-order valence-corrected chi connectivity index (χ2v) is 5.52. The number of rotatable bonds is 5. The predicted octanol–water partition coefficient (Wildman–Crippen LogP) is 3.63. The molecule has 0 saturated carbocycles. The van der Waals surface area contributed by atoms with Gasteiger partial charge in [-0.15, -0.1) is 0 Å². The molecule has 0 aliphatic carbocycles. The number of hydrogen-bond acceptors (Lipinski definition) is 3. The number of nitrogens with one attached hydrogen (secondary N) is 1. The van der Waals surface area contributed by atoms with Gasteiger partial charge in [-0.05, 0) is 55.8 Å². The molecule has 2 aromatic rings. The van der Waals surface area contributed by atoms with E-state index < -0.39 is 0 Å². The zero-order chi connectivity index (χ0) is 16.8. The van der Waals surface area contributed by atoms with Crippen molar-refractivity contribution in [3.63, 3.8) is 0 Å². The highest BCUT2D eigenvalue weighted by Crippen LogP contribution is 2.23. The van der Waals surface area contributed by atoms with E-state index in [0.717, 1.165) is 11.3 Å². The molecule has 0 fully saturated rings. The summed E-state index contributed by atoms with van der Waals surface area (Å²) in [6, 6.07) is 14.5. The van der Waals surface area contributed by atoms with Crippen molar-refractivity contribution in [2.24, 2.45) is 0 Å². The summed E-state index contributed by atoms with van der Waals surface area (Å²) in [6.45, 7) is 3.71. The Bertz CT molecular complexity index is 656. The first kappa shape index (κ1) is 16.8. The van der Waals surface area contributed by atoms with Crippen LogP contribution in [0, 0.1) is 6.92 Å². The number of anilines is 1. The fourth-order valence-corrected chi connectivity index (χ4v) is 1.96. The molecule has 0 radical (unpaired) electrons. The first-order chi connectivity index (χ1) is 11.0. The molecule has 2 amide bonds. The third kappa shape index (κ3) is 4.72. The summed E-state index contributed by atoms with van der Waals surface area (Å²) in [5, 5.41) is 11.9. The van der Waals surface area contributed by atoms with E-state index in [4.69, 9.17) is 9.84 Å². The van der Waals surface area contributed by atoms with Crippen LogP contribution in [0.5, 0.6) is 11.5 Å². The van der Waals surface area contributed by atoms with E-state index in [1.807, 2.05) is 31.2 Å². The monoisotopic (exact) mass is 314 g/mol. The maximum absolute atomic E-state index is 12.0. The van der Waals surface area contributed by atoms with E-state index in [1.54, 1.807) is 38.2 Å². The molecule has 5 heteroatoms. The molecule has 5 nitrogen and oxygen atoms in total. The van der Waals surface area contributed by atoms with Crippen molar-refractivity contribution >= 4 is 11.7 Å². The Labute approximate surface area is 136 Å². The van der Waals surface area contributed by atoms with E-state index in [9.17, 15) is 4.79 Å². The van der Waals surface area contributed by atoms with Gasteiger partial charge in [0.2, 0.25) is 0 Å². The highest BCUT2D eigenvalue weighted by molar-refractivity contribution is 5.89. The molecule has 0 aliphatic heterocycles. The third-order valence-electron chi connectivity index (χ3n) is 3.58. The number of likely N-dealkylation sites (N-methyl/N-ethyl adjacent to an activating group) is 1. The van der Waals surface area contributed by atoms with E-state index >= 15 is 0 Å². The number of carbonyl (C=O) groups excluding carboxylic acids is 1. The summed E-state index contributed by atoms with van der Waals surface area (Å²) >= 11 is 0. The number of benzene rings is 2. The number of nitrogens with zero attached hydrogens (tertiary/aromatic N) is 1. The fraction of sp³-hybridized carbons (Fsp3) is 0.278. The lowest BCUT2D eigenvalue weighted by atomic mass is 10.2. The number of aliphatic hydroxyl groups excluding tert-OH is 1. The number of aliphatic hydroxyl groups is 1. The Morgan fingerprint density at radius 3 is 2.52 bits per heavy atom. The second-order valence-electron chi connectivity index (χ2n) is 5.52. The number of ether oxygens (including phenoxy) is 1. The molecule has 2 N–H and O–H groups in total. The van der Waals surface area contributed by atoms with Crippen LogP contribution in [-0.2, 0) is 0 Å². The molecular formula is C18H22N2O3. The highest BCUT2D eigenvalue weighted by Gasteiger charge is 2.14. The van der Waals surface area contributed by atoms with Crippen LogP contribution < -0.4 is 10.1 Å². The minimum atomic E-state index is -0.265. The van der Waals surface area contributed by atoms with E-state index in [-0.39, 0.29) is 18.7 Å². The molecule has 2 rings (SSSR count). The Kier molecular flexibility index (Phi) is 5.60. The van der Waals surface area contributed by atoms with Crippen LogP contribution in [0.15, 0.2) is 48.5 Å². The maximum Gasteiger partial charge on any atom is 0.321 e. The van der Waals surface area contributed by atoms with Gasteiger partial charge in [-0.2, -0.15) is 0 Å². The van der Waals surface area contributed by atoms with Crippen molar-refractivity contribution in [2.45, 2.75) is 19.9 Å². The summed E-state index contributed by atoms with van der Waals surface area (Å²) in [6.07, 6.45) is 0. The quantitative estimate of drug-likeness (QED) is 0.886. The summed E-state index contributed by atoms with van der Waals surface area (Å²) in [7, 11) is 1.64. The van der Waals surface area contributed by atoms with E-state index in [2.05, 4.69) is 5.32 Å². The maximum atomic E-state index is 12.0. The van der Waals surface area contributed by atoms with Gasteiger partial charge in [-0.3, -0.25) is 0 Å². The lowest BCUT2D eigenvalue weighted by Gasteiger charge is -2.23. The van der Waals surface area contributed by atoms with Crippen molar-refractivity contribution < 1.29 is 14.6 Å². The zero-order valence-corrected chi connectivity index (χ0v) is 13.6. The van der Waals surface area contributed by atoms with Crippen LogP contribution in [0.1, 0.15) is 12.5 Å². The van der Waals surface area contributed by atoms with Crippen LogP contribution in [0.3, 0.4) is 0 Å². The lowest BCUT2D eigenvalue weighted by molar-refractivity contribution is 0.166. The van der Waals surface area contributed by atoms with Crippen molar-refractivity contribution in [2.75, 3.05) is 19.0 Å². The largest absolute Gasteiger partial charge is 0.457 e. The molecule has 0 bridgehead atoms.